The van der Waals surface area contributed by atoms with Gasteiger partial charge in [0.2, 0.25) is 0 Å². The summed E-state index contributed by atoms with van der Waals surface area (Å²) in [6.07, 6.45) is 5.38. The molecule has 1 aliphatic heterocycles. The summed E-state index contributed by atoms with van der Waals surface area (Å²) in [6.45, 7) is 5.84. The Hall–Kier alpha value is -0.120. The number of aliphatic hydroxyl groups excluding tert-OH is 1. The summed E-state index contributed by atoms with van der Waals surface area (Å²) in [5.74, 6) is 0.945. The third-order valence-corrected chi connectivity index (χ3v) is 3.86. The molecule has 2 rings (SSSR count). The van der Waals surface area contributed by atoms with E-state index in [1.807, 2.05) is 0 Å². The molecular formula is C12H24N2O. The maximum absolute atomic E-state index is 8.79. The molecule has 0 bridgehead atoms. The fraction of sp³-hybridized carbons (Fsp3) is 1.00. The molecular weight excluding hydrogens is 188 g/mol. The molecule has 0 radical (unpaired) electrons. The highest BCUT2D eigenvalue weighted by molar-refractivity contribution is 4.89. The molecule has 1 aliphatic carbocycles. The van der Waals surface area contributed by atoms with Gasteiger partial charge in [-0.25, -0.2) is 0 Å². The van der Waals surface area contributed by atoms with Crippen molar-refractivity contribution in [3.05, 3.63) is 0 Å². The first kappa shape index (κ1) is 11.4. The third kappa shape index (κ3) is 2.92. The van der Waals surface area contributed by atoms with Gasteiger partial charge in [0.15, 0.2) is 0 Å². The van der Waals surface area contributed by atoms with Crippen LogP contribution in [0.2, 0.25) is 0 Å². The van der Waals surface area contributed by atoms with Gasteiger partial charge in [0.25, 0.3) is 0 Å². The Morgan fingerprint density at radius 3 is 2.87 bits per heavy atom. The molecule has 15 heavy (non-hydrogen) atoms. The fourth-order valence-electron chi connectivity index (χ4n) is 2.93. The molecule has 0 amide bonds. The molecule has 3 nitrogen and oxygen atoms in total. The van der Waals surface area contributed by atoms with Crippen LogP contribution in [-0.4, -0.2) is 48.3 Å². The summed E-state index contributed by atoms with van der Waals surface area (Å²) in [5.41, 5.74) is 0. The van der Waals surface area contributed by atoms with Gasteiger partial charge in [-0.2, -0.15) is 0 Å². The van der Waals surface area contributed by atoms with Crippen molar-refractivity contribution in [3.63, 3.8) is 0 Å². The van der Waals surface area contributed by atoms with Gasteiger partial charge >= 0.3 is 0 Å². The zero-order valence-electron chi connectivity index (χ0n) is 9.78. The minimum atomic E-state index is 0.261. The van der Waals surface area contributed by atoms with Crippen molar-refractivity contribution in [2.45, 2.75) is 44.7 Å². The highest BCUT2D eigenvalue weighted by atomic mass is 16.3. The minimum absolute atomic E-state index is 0.261. The number of piperidine rings is 1. The summed E-state index contributed by atoms with van der Waals surface area (Å²) >= 11 is 0. The lowest BCUT2D eigenvalue weighted by Crippen LogP contribution is -2.53. The lowest BCUT2D eigenvalue weighted by Gasteiger charge is -2.45. The summed E-state index contributed by atoms with van der Waals surface area (Å²) in [4.78, 5) is 2.65. The van der Waals surface area contributed by atoms with Crippen molar-refractivity contribution in [1.82, 2.24) is 10.2 Å². The fourth-order valence-corrected chi connectivity index (χ4v) is 2.93. The maximum atomic E-state index is 8.79. The monoisotopic (exact) mass is 212 g/mol. The van der Waals surface area contributed by atoms with Crippen molar-refractivity contribution in [2.24, 2.45) is 5.92 Å². The maximum Gasteiger partial charge on any atom is 0.0556 e. The van der Waals surface area contributed by atoms with Gasteiger partial charge in [-0.05, 0) is 38.1 Å². The van der Waals surface area contributed by atoms with Crippen molar-refractivity contribution in [3.8, 4) is 0 Å². The molecule has 1 unspecified atom stereocenters. The van der Waals surface area contributed by atoms with E-state index >= 15 is 0 Å². The van der Waals surface area contributed by atoms with Crippen LogP contribution >= 0.6 is 0 Å². The summed E-state index contributed by atoms with van der Waals surface area (Å²) in [6, 6.07) is 1.47. The zero-order chi connectivity index (χ0) is 10.7. The Labute approximate surface area is 92.8 Å². The number of nitrogens with zero attached hydrogens (tertiary/aromatic N) is 1. The van der Waals surface area contributed by atoms with Crippen LogP contribution in [0.5, 0.6) is 0 Å². The van der Waals surface area contributed by atoms with E-state index in [0.29, 0.717) is 6.04 Å². The van der Waals surface area contributed by atoms with E-state index < -0.39 is 0 Å². The van der Waals surface area contributed by atoms with Crippen LogP contribution in [0.3, 0.4) is 0 Å². The number of likely N-dealkylation sites (tertiary alicyclic amines) is 1. The second-order valence-electron chi connectivity index (χ2n) is 5.24. The van der Waals surface area contributed by atoms with Gasteiger partial charge in [0.05, 0.1) is 6.61 Å². The SMILES string of the molecule is CC1CC(N2CCCC(NCCO)C2)C1. The van der Waals surface area contributed by atoms with Crippen LogP contribution in [0.1, 0.15) is 32.6 Å². The second-order valence-corrected chi connectivity index (χ2v) is 5.24. The number of nitrogens with one attached hydrogen (secondary N) is 1. The summed E-state index contributed by atoms with van der Waals surface area (Å²) < 4.78 is 0. The van der Waals surface area contributed by atoms with Crippen molar-refractivity contribution < 1.29 is 5.11 Å². The van der Waals surface area contributed by atoms with E-state index in [2.05, 4.69) is 17.1 Å². The average molecular weight is 212 g/mol. The van der Waals surface area contributed by atoms with Crippen LogP contribution in [0, 0.1) is 5.92 Å². The third-order valence-electron chi connectivity index (χ3n) is 3.86. The lowest BCUT2D eigenvalue weighted by molar-refractivity contribution is 0.0558. The van der Waals surface area contributed by atoms with Crippen LogP contribution < -0.4 is 5.32 Å². The molecule has 3 heteroatoms. The van der Waals surface area contributed by atoms with Crippen molar-refractivity contribution >= 4 is 0 Å². The molecule has 2 aliphatic rings. The number of rotatable bonds is 4. The standard InChI is InChI=1S/C12H24N2O/c1-10-7-12(8-10)14-5-2-3-11(9-14)13-4-6-15/h10-13,15H,2-9H2,1H3. The Kier molecular flexibility index (Phi) is 4.00. The smallest absolute Gasteiger partial charge is 0.0556 e. The van der Waals surface area contributed by atoms with E-state index in [1.165, 1.54) is 38.8 Å². The molecule has 88 valence electrons. The van der Waals surface area contributed by atoms with Gasteiger partial charge < -0.3 is 10.4 Å². The molecule has 1 atom stereocenters. The van der Waals surface area contributed by atoms with E-state index in [4.69, 9.17) is 5.11 Å². The van der Waals surface area contributed by atoms with Crippen LogP contribution in [-0.2, 0) is 0 Å². The predicted molar refractivity (Wildman–Crippen MR) is 61.9 cm³/mol. The molecule has 2 N–H and O–H groups in total. The highest BCUT2D eigenvalue weighted by Crippen LogP contribution is 2.32. The first-order chi connectivity index (χ1) is 7.29. The predicted octanol–water partition coefficient (Wildman–Crippen LogP) is 0.831. The second kappa shape index (κ2) is 5.28. The molecule has 1 saturated carbocycles. The van der Waals surface area contributed by atoms with Crippen molar-refractivity contribution in [2.75, 3.05) is 26.2 Å². The molecule has 1 saturated heterocycles. The minimum Gasteiger partial charge on any atom is -0.395 e. The van der Waals surface area contributed by atoms with Crippen LogP contribution in [0.15, 0.2) is 0 Å². The number of hydrogen-bond acceptors (Lipinski definition) is 3. The van der Waals surface area contributed by atoms with E-state index in [-0.39, 0.29) is 6.61 Å². The molecule has 0 spiro atoms. The summed E-state index contributed by atoms with van der Waals surface area (Å²) in [7, 11) is 0. The molecule has 2 fully saturated rings. The van der Waals surface area contributed by atoms with Crippen LogP contribution in [0.4, 0.5) is 0 Å². The summed E-state index contributed by atoms with van der Waals surface area (Å²) in [5, 5.41) is 12.2. The van der Waals surface area contributed by atoms with Gasteiger partial charge in [-0.3, -0.25) is 4.90 Å². The Bertz CT molecular complexity index is 192. The molecule has 0 aromatic carbocycles. The van der Waals surface area contributed by atoms with Crippen molar-refractivity contribution in [1.29, 1.82) is 0 Å². The Morgan fingerprint density at radius 1 is 1.40 bits per heavy atom. The largest absolute Gasteiger partial charge is 0.395 e. The topological polar surface area (TPSA) is 35.5 Å². The van der Waals surface area contributed by atoms with E-state index in [0.717, 1.165) is 18.5 Å². The van der Waals surface area contributed by atoms with E-state index in [1.54, 1.807) is 0 Å². The Balaban J connectivity index is 1.72. The van der Waals surface area contributed by atoms with E-state index in [9.17, 15) is 0 Å². The number of hydrogen-bond donors (Lipinski definition) is 2. The van der Waals surface area contributed by atoms with Gasteiger partial charge in [0.1, 0.15) is 0 Å². The average Bonchev–Trinajstić information content (AvgIpc) is 2.22. The lowest BCUT2D eigenvalue weighted by atomic mass is 9.80. The van der Waals surface area contributed by atoms with Crippen LogP contribution in [0.25, 0.3) is 0 Å². The number of aliphatic hydroxyl groups is 1. The van der Waals surface area contributed by atoms with Gasteiger partial charge in [0, 0.05) is 25.2 Å². The highest BCUT2D eigenvalue weighted by Gasteiger charge is 2.33. The van der Waals surface area contributed by atoms with Gasteiger partial charge in [-0.1, -0.05) is 6.92 Å². The normalized spacial score (nSPS) is 37.6. The molecule has 0 aromatic rings. The molecule has 0 aromatic heterocycles. The quantitative estimate of drug-likeness (QED) is 0.724. The first-order valence-corrected chi connectivity index (χ1v) is 6.38. The molecule has 1 heterocycles. The first-order valence-electron chi connectivity index (χ1n) is 6.38. The Morgan fingerprint density at radius 2 is 2.20 bits per heavy atom. The van der Waals surface area contributed by atoms with Gasteiger partial charge in [-0.15, -0.1) is 0 Å². The zero-order valence-corrected chi connectivity index (χ0v) is 9.78.